The lowest BCUT2D eigenvalue weighted by molar-refractivity contribution is -0.124. The normalized spacial score (nSPS) is 21.0. The minimum absolute atomic E-state index is 0.0869. The number of methoxy groups -OCH3 is 1. The third kappa shape index (κ3) is 4.23. The van der Waals surface area contributed by atoms with Crippen molar-refractivity contribution in [1.82, 2.24) is 5.32 Å². The quantitative estimate of drug-likeness (QED) is 0.820. The highest BCUT2D eigenvalue weighted by molar-refractivity contribution is 5.81. The maximum absolute atomic E-state index is 12.0. The second-order valence-corrected chi connectivity index (χ2v) is 5.75. The lowest BCUT2D eigenvalue weighted by Gasteiger charge is -2.29. The van der Waals surface area contributed by atoms with Gasteiger partial charge < -0.3 is 14.8 Å². The topological polar surface area (TPSA) is 64.6 Å². The Hall–Kier alpha value is -2.04. The predicted octanol–water partition coefficient (Wildman–Crippen LogP) is 2.58. The van der Waals surface area contributed by atoms with Crippen LogP contribution in [0.2, 0.25) is 0 Å². The van der Waals surface area contributed by atoms with Crippen molar-refractivity contribution >= 4 is 12.2 Å². The van der Waals surface area contributed by atoms with E-state index in [1.54, 1.807) is 18.2 Å². The summed E-state index contributed by atoms with van der Waals surface area (Å²) >= 11 is 0. The van der Waals surface area contributed by atoms with Gasteiger partial charge >= 0.3 is 0 Å². The van der Waals surface area contributed by atoms with Gasteiger partial charge in [0.1, 0.15) is 11.5 Å². The second-order valence-electron chi connectivity index (χ2n) is 5.75. The molecular formula is C17H23NO4. The number of hydrogen-bond donors (Lipinski definition) is 1. The van der Waals surface area contributed by atoms with Crippen molar-refractivity contribution in [3.05, 3.63) is 23.8 Å². The first-order chi connectivity index (χ1) is 10.6. The number of rotatable bonds is 6. The van der Waals surface area contributed by atoms with E-state index in [2.05, 4.69) is 12.2 Å². The Kier molecular flexibility index (Phi) is 5.81. The van der Waals surface area contributed by atoms with Crippen molar-refractivity contribution in [3.63, 3.8) is 0 Å². The van der Waals surface area contributed by atoms with E-state index in [9.17, 15) is 9.59 Å². The fourth-order valence-corrected chi connectivity index (χ4v) is 2.80. The van der Waals surface area contributed by atoms with E-state index in [0.717, 1.165) is 19.3 Å². The summed E-state index contributed by atoms with van der Waals surface area (Å²) in [5.74, 6) is 1.33. The maximum atomic E-state index is 12.0. The second kappa shape index (κ2) is 7.82. The van der Waals surface area contributed by atoms with Crippen molar-refractivity contribution in [1.29, 1.82) is 0 Å². The van der Waals surface area contributed by atoms with Gasteiger partial charge in [-0.25, -0.2) is 0 Å². The van der Waals surface area contributed by atoms with Crippen LogP contribution < -0.4 is 14.8 Å². The van der Waals surface area contributed by atoms with E-state index in [4.69, 9.17) is 9.47 Å². The Labute approximate surface area is 131 Å². The molecule has 5 nitrogen and oxygen atoms in total. The number of amides is 1. The molecule has 2 atom stereocenters. The Bertz CT molecular complexity index is 529. The standard InChI is InChI=1S/C17H23NO4/c1-12-5-3-4-6-15(12)18-17(20)11-22-16-8-7-14(21-2)9-13(16)10-19/h7-10,12,15H,3-6,11H2,1-2H3,(H,18,20)/t12-,15+/m1/s1. The zero-order chi connectivity index (χ0) is 15.9. The summed E-state index contributed by atoms with van der Waals surface area (Å²) in [5.41, 5.74) is 0.373. The molecule has 0 aliphatic heterocycles. The molecule has 0 radical (unpaired) electrons. The van der Waals surface area contributed by atoms with Crippen LogP contribution in [0.15, 0.2) is 18.2 Å². The van der Waals surface area contributed by atoms with Crippen molar-refractivity contribution in [2.24, 2.45) is 5.92 Å². The fraction of sp³-hybridized carbons (Fsp3) is 0.529. The van der Waals surface area contributed by atoms with Gasteiger partial charge in [0.15, 0.2) is 12.9 Å². The van der Waals surface area contributed by atoms with Crippen molar-refractivity contribution in [2.75, 3.05) is 13.7 Å². The highest BCUT2D eigenvalue weighted by Crippen LogP contribution is 2.24. The van der Waals surface area contributed by atoms with Crippen molar-refractivity contribution in [3.8, 4) is 11.5 Å². The Morgan fingerprint density at radius 3 is 2.82 bits per heavy atom. The molecule has 1 aliphatic carbocycles. The molecule has 0 unspecified atom stereocenters. The van der Waals surface area contributed by atoms with E-state index in [-0.39, 0.29) is 18.6 Å². The molecule has 1 saturated carbocycles. The van der Waals surface area contributed by atoms with Crippen LogP contribution in [0, 0.1) is 5.92 Å². The monoisotopic (exact) mass is 305 g/mol. The minimum atomic E-state index is -0.147. The van der Waals surface area contributed by atoms with Crippen LogP contribution in [-0.4, -0.2) is 32.0 Å². The van der Waals surface area contributed by atoms with Crippen LogP contribution >= 0.6 is 0 Å². The summed E-state index contributed by atoms with van der Waals surface area (Å²) in [7, 11) is 1.53. The third-order valence-corrected chi connectivity index (χ3v) is 4.16. The highest BCUT2D eigenvalue weighted by Gasteiger charge is 2.22. The molecule has 1 aromatic rings. The van der Waals surface area contributed by atoms with Gasteiger partial charge in [0.25, 0.3) is 5.91 Å². The molecule has 0 spiro atoms. The Morgan fingerprint density at radius 1 is 1.36 bits per heavy atom. The van der Waals surface area contributed by atoms with Gasteiger partial charge in [0.2, 0.25) is 0 Å². The average molecular weight is 305 g/mol. The summed E-state index contributed by atoms with van der Waals surface area (Å²) in [6, 6.07) is 5.15. The van der Waals surface area contributed by atoms with Gasteiger partial charge in [-0.15, -0.1) is 0 Å². The summed E-state index contributed by atoms with van der Waals surface area (Å²) in [4.78, 5) is 23.1. The molecule has 120 valence electrons. The average Bonchev–Trinajstić information content (AvgIpc) is 2.55. The van der Waals surface area contributed by atoms with E-state index in [0.29, 0.717) is 29.3 Å². The zero-order valence-corrected chi connectivity index (χ0v) is 13.1. The van der Waals surface area contributed by atoms with Crippen LogP contribution in [0.25, 0.3) is 0 Å². The number of aldehydes is 1. The van der Waals surface area contributed by atoms with Crippen LogP contribution in [0.1, 0.15) is 43.0 Å². The number of nitrogens with one attached hydrogen (secondary N) is 1. The molecule has 0 aromatic heterocycles. The van der Waals surface area contributed by atoms with E-state index < -0.39 is 0 Å². The van der Waals surface area contributed by atoms with Gasteiger partial charge in [-0.3, -0.25) is 9.59 Å². The summed E-state index contributed by atoms with van der Waals surface area (Å²) in [5, 5.41) is 3.02. The largest absolute Gasteiger partial charge is 0.497 e. The van der Waals surface area contributed by atoms with Crippen LogP contribution in [0.3, 0.4) is 0 Å². The molecule has 22 heavy (non-hydrogen) atoms. The minimum Gasteiger partial charge on any atom is -0.497 e. The molecule has 0 saturated heterocycles. The van der Waals surface area contributed by atoms with E-state index in [1.807, 2.05) is 0 Å². The predicted molar refractivity (Wildman–Crippen MR) is 83.4 cm³/mol. The SMILES string of the molecule is COc1ccc(OCC(=O)N[C@H]2CCCC[C@H]2C)c(C=O)c1. The number of benzene rings is 1. The summed E-state index contributed by atoms with van der Waals surface area (Å²) in [6.07, 6.45) is 5.26. The summed E-state index contributed by atoms with van der Waals surface area (Å²) in [6.45, 7) is 2.08. The molecule has 2 rings (SSSR count). The zero-order valence-electron chi connectivity index (χ0n) is 13.1. The van der Waals surface area contributed by atoms with Crippen molar-refractivity contribution < 1.29 is 19.1 Å². The Balaban J connectivity index is 1.89. The third-order valence-electron chi connectivity index (χ3n) is 4.16. The molecule has 0 heterocycles. The molecule has 1 N–H and O–H groups in total. The van der Waals surface area contributed by atoms with Crippen LogP contribution in [0.5, 0.6) is 11.5 Å². The van der Waals surface area contributed by atoms with Gasteiger partial charge in [-0.05, 0) is 37.0 Å². The molecule has 5 heteroatoms. The van der Waals surface area contributed by atoms with E-state index in [1.165, 1.54) is 13.5 Å². The van der Waals surface area contributed by atoms with Gasteiger partial charge in [0.05, 0.1) is 12.7 Å². The van der Waals surface area contributed by atoms with Gasteiger partial charge in [0, 0.05) is 6.04 Å². The fourth-order valence-electron chi connectivity index (χ4n) is 2.80. The molecule has 1 amide bonds. The smallest absolute Gasteiger partial charge is 0.258 e. The lowest BCUT2D eigenvalue weighted by Crippen LogP contribution is -2.43. The molecular weight excluding hydrogens is 282 g/mol. The van der Waals surface area contributed by atoms with Crippen LogP contribution in [0.4, 0.5) is 0 Å². The molecule has 1 fully saturated rings. The number of carbonyl (C=O) groups excluding carboxylic acids is 2. The highest BCUT2D eigenvalue weighted by atomic mass is 16.5. The number of carbonyl (C=O) groups is 2. The first kappa shape index (κ1) is 16.3. The van der Waals surface area contributed by atoms with Crippen LogP contribution in [-0.2, 0) is 4.79 Å². The van der Waals surface area contributed by atoms with Crippen molar-refractivity contribution in [2.45, 2.75) is 38.6 Å². The first-order valence-electron chi connectivity index (χ1n) is 7.69. The Morgan fingerprint density at radius 2 is 2.14 bits per heavy atom. The van der Waals surface area contributed by atoms with E-state index >= 15 is 0 Å². The molecule has 1 aromatic carbocycles. The molecule has 0 bridgehead atoms. The lowest BCUT2D eigenvalue weighted by atomic mass is 9.86. The maximum Gasteiger partial charge on any atom is 0.258 e. The number of hydrogen-bond acceptors (Lipinski definition) is 4. The van der Waals surface area contributed by atoms with Gasteiger partial charge in [-0.2, -0.15) is 0 Å². The first-order valence-corrected chi connectivity index (χ1v) is 7.69. The van der Waals surface area contributed by atoms with Gasteiger partial charge in [-0.1, -0.05) is 19.8 Å². The number of ether oxygens (including phenoxy) is 2. The molecule has 1 aliphatic rings. The summed E-state index contributed by atoms with van der Waals surface area (Å²) < 4.78 is 10.5.